The summed E-state index contributed by atoms with van der Waals surface area (Å²) < 4.78 is 21.4. The van der Waals surface area contributed by atoms with E-state index in [0.29, 0.717) is 36.1 Å². The molecule has 0 aliphatic carbocycles. The number of ether oxygens (including phenoxy) is 1. The van der Waals surface area contributed by atoms with Gasteiger partial charge in [-0.15, -0.1) is 0 Å². The number of carboxylic acids is 1. The van der Waals surface area contributed by atoms with Gasteiger partial charge >= 0.3 is 5.97 Å². The van der Waals surface area contributed by atoms with Gasteiger partial charge in [0.25, 0.3) is 0 Å². The highest BCUT2D eigenvalue weighted by atomic mass is 19.1. The first-order valence-electron chi connectivity index (χ1n) is 9.69. The SMILES string of the molecule is CCOc1ccc(CC(=O)O)cc1-c1cc(-c2cccc(F)c2)n(CC(C)C)n1. The van der Waals surface area contributed by atoms with E-state index >= 15 is 0 Å². The van der Waals surface area contributed by atoms with Crippen LogP contribution in [-0.2, 0) is 17.8 Å². The van der Waals surface area contributed by atoms with Crippen LogP contribution < -0.4 is 4.74 Å². The number of benzene rings is 2. The average molecular weight is 396 g/mol. The monoisotopic (exact) mass is 396 g/mol. The minimum atomic E-state index is -0.897. The van der Waals surface area contributed by atoms with E-state index in [0.717, 1.165) is 16.8 Å². The third-order valence-electron chi connectivity index (χ3n) is 4.41. The van der Waals surface area contributed by atoms with E-state index in [1.165, 1.54) is 12.1 Å². The molecule has 0 spiro atoms. The lowest BCUT2D eigenvalue weighted by Crippen LogP contribution is -2.08. The van der Waals surface area contributed by atoms with Crippen molar-refractivity contribution < 1.29 is 19.0 Å². The summed E-state index contributed by atoms with van der Waals surface area (Å²) in [6.07, 6.45) is -0.0805. The lowest BCUT2D eigenvalue weighted by atomic mass is 10.0. The summed E-state index contributed by atoms with van der Waals surface area (Å²) in [6, 6.07) is 13.7. The van der Waals surface area contributed by atoms with Gasteiger partial charge in [0, 0.05) is 17.7 Å². The summed E-state index contributed by atoms with van der Waals surface area (Å²) >= 11 is 0. The van der Waals surface area contributed by atoms with Crippen LogP contribution in [0.2, 0.25) is 0 Å². The van der Waals surface area contributed by atoms with Crippen molar-refractivity contribution in [2.45, 2.75) is 33.7 Å². The molecule has 0 amide bonds. The van der Waals surface area contributed by atoms with Crippen molar-refractivity contribution in [1.29, 1.82) is 0 Å². The predicted molar refractivity (Wildman–Crippen MR) is 110 cm³/mol. The van der Waals surface area contributed by atoms with Crippen molar-refractivity contribution in [3.8, 4) is 28.3 Å². The van der Waals surface area contributed by atoms with Gasteiger partial charge in [0.05, 0.1) is 24.4 Å². The van der Waals surface area contributed by atoms with E-state index in [1.807, 2.05) is 23.7 Å². The van der Waals surface area contributed by atoms with Gasteiger partial charge in [0.2, 0.25) is 0 Å². The summed E-state index contributed by atoms with van der Waals surface area (Å²) in [5, 5.41) is 13.9. The van der Waals surface area contributed by atoms with E-state index in [2.05, 4.69) is 13.8 Å². The average Bonchev–Trinajstić information content (AvgIpc) is 3.05. The zero-order valence-electron chi connectivity index (χ0n) is 16.9. The molecule has 0 aliphatic rings. The molecule has 5 nitrogen and oxygen atoms in total. The maximum Gasteiger partial charge on any atom is 0.307 e. The van der Waals surface area contributed by atoms with Crippen LogP contribution in [0.3, 0.4) is 0 Å². The molecule has 152 valence electrons. The molecule has 6 heteroatoms. The first-order chi connectivity index (χ1) is 13.9. The normalized spacial score (nSPS) is 11.1. The largest absolute Gasteiger partial charge is 0.493 e. The molecule has 0 radical (unpaired) electrons. The Morgan fingerprint density at radius 2 is 2.00 bits per heavy atom. The quantitative estimate of drug-likeness (QED) is 0.579. The van der Waals surface area contributed by atoms with Crippen molar-refractivity contribution >= 4 is 5.97 Å². The van der Waals surface area contributed by atoms with Crippen molar-refractivity contribution in [1.82, 2.24) is 9.78 Å². The Hall–Kier alpha value is -3.15. The van der Waals surface area contributed by atoms with E-state index in [1.54, 1.807) is 24.3 Å². The molecule has 0 atom stereocenters. The molecule has 2 aromatic carbocycles. The maximum atomic E-state index is 13.8. The lowest BCUT2D eigenvalue weighted by molar-refractivity contribution is -0.136. The smallest absolute Gasteiger partial charge is 0.307 e. The maximum absolute atomic E-state index is 13.8. The molecular formula is C23H25FN2O3. The second-order valence-electron chi connectivity index (χ2n) is 7.34. The summed E-state index contributed by atoms with van der Waals surface area (Å²) in [6.45, 7) is 7.23. The van der Waals surface area contributed by atoms with Crippen molar-refractivity contribution in [2.75, 3.05) is 6.61 Å². The van der Waals surface area contributed by atoms with Crippen LogP contribution in [0, 0.1) is 11.7 Å². The van der Waals surface area contributed by atoms with Gasteiger partial charge in [-0.2, -0.15) is 5.10 Å². The Morgan fingerprint density at radius 3 is 2.66 bits per heavy atom. The van der Waals surface area contributed by atoms with Gasteiger partial charge in [0.15, 0.2) is 0 Å². The third-order valence-corrected chi connectivity index (χ3v) is 4.41. The predicted octanol–water partition coefficient (Wildman–Crippen LogP) is 5.04. The Bertz CT molecular complexity index is 1010. The number of aliphatic carboxylic acids is 1. The fourth-order valence-corrected chi connectivity index (χ4v) is 3.26. The Morgan fingerprint density at radius 1 is 1.21 bits per heavy atom. The highest BCUT2D eigenvalue weighted by Gasteiger charge is 2.17. The van der Waals surface area contributed by atoms with Crippen LogP contribution in [0.4, 0.5) is 4.39 Å². The molecule has 3 aromatic rings. The standard InChI is InChI=1S/C23H25FN2O3/c1-4-29-22-9-8-16(11-23(27)28)10-19(22)20-13-21(26(25-20)14-15(2)3)17-6-5-7-18(24)12-17/h5-10,12-13,15H,4,11,14H2,1-3H3,(H,27,28). The van der Waals surface area contributed by atoms with Crippen LogP contribution in [0.1, 0.15) is 26.3 Å². The fourth-order valence-electron chi connectivity index (χ4n) is 3.26. The molecule has 0 saturated heterocycles. The number of nitrogens with zero attached hydrogens (tertiary/aromatic N) is 2. The topological polar surface area (TPSA) is 64.3 Å². The van der Waals surface area contributed by atoms with Gasteiger partial charge in [0.1, 0.15) is 11.6 Å². The summed E-state index contributed by atoms with van der Waals surface area (Å²) in [5.41, 5.74) is 3.61. The number of halogens is 1. The van der Waals surface area contributed by atoms with E-state index < -0.39 is 5.97 Å². The van der Waals surface area contributed by atoms with E-state index in [4.69, 9.17) is 14.9 Å². The molecule has 1 heterocycles. The Labute approximate surface area is 169 Å². The zero-order valence-corrected chi connectivity index (χ0v) is 16.9. The molecule has 29 heavy (non-hydrogen) atoms. The highest BCUT2D eigenvalue weighted by molar-refractivity contribution is 5.76. The van der Waals surface area contributed by atoms with Crippen molar-refractivity contribution in [2.24, 2.45) is 5.92 Å². The molecule has 0 fully saturated rings. The first-order valence-corrected chi connectivity index (χ1v) is 9.69. The van der Waals surface area contributed by atoms with E-state index in [-0.39, 0.29) is 12.2 Å². The van der Waals surface area contributed by atoms with Gasteiger partial charge < -0.3 is 9.84 Å². The van der Waals surface area contributed by atoms with Crippen LogP contribution in [-0.4, -0.2) is 27.5 Å². The molecule has 0 saturated carbocycles. The number of hydrogen-bond acceptors (Lipinski definition) is 3. The van der Waals surface area contributed by atoms with Gasteiger partial charge in [-0.25, -0.2) is 4.39 Å². The van der Waals surface area contributed by atoms with Crippen molar-refractivity contribution in [3.63, 3.8) is 0 Å². The van der Waals surface area contributed by atoms with Gasteiger partial charge in [-0.05, 0) is 48.7 Å². The van der Waals surface area contributed by atoms with Gasteiger partial charge in [-0.3, -0.25) is 9.48 Å². The third kappa shape index (κ3) is 5.02. The zero-order chi connectivity index (χ0) is 21.0. The molecular weight excluding hydrogens is 371 g/mol. The number of carboxylic acid groups (broad SMARTS) is 1. The number of hydrogen-bond donors (Lipinski definition) is 1. The number of carbonyl (C=O) groups is 1. The summed E-state index contributed by atoms with van der Waals surface area (Å²) in [7, 11) is 0. The number of aromatic nitrogens is 2. The molecule has 1 aromatic heterocycles. The molecule has 0 unspecified atom stereocenters. The summed E-state index contributed by atoms with van der Waals surface area (Å²) in [4.78, 5) is 11.1. The van der Waals surface area contributed by atoms with E-state index in [9.17, 15) is 9.18 Å². The minimum absolute atomic E-state index is 0.0805. The summed E-state index contributed by atoms with van der Waals surface area (Å²) in [5.74, 6) is -0.216. The van der Waals surface area contributed by atoms with Crippen LogP contribution in [0.25, 0.3) is 22.5 Å². The second kappa shape index (κ2) is 8.90. The highest BCUT2D eigenvalue weighted by Crippen LogP contribution is 2.34. The van der Waals surface area contributed by atoms with Crippen molar-refractivity contribution in [3.05, 3.63) is 59.9 Å². The second-order valence-corrected chi connectivity index (χ2v) is 7.34. The Balaban J connectivity index is 2.14. The lowest BCUT2D eigenvalue weighted by Gasteiger charge is -2.11. The van der Waals surface area contributed by atoms with Crippen LogP contribution >= 0.6 is 0 Å². The fraction of sp³-hybridized carbons (Fsp3) is 0.304. The minimum Gasteiger partial charge on any atom is -0.493 e. The number of rotatable bonds is 8. The molecule has 0 aliphatic heterocycles. The van der Waals surface area contributed by atoms with Crippen LogP contribution in [0.5, 0.6) is 5.75 Å². The van der Waals surface area contributed by atoms with Gasteiger partial charge in [-0.1, -0.05) is 32.0 Å². The molecule has 0 bridgehead atoms. The molecule has 1 N–H and O–H groups in total. The Kier molecular flexibility index (Phi) is 6.32. The molecule has 3 rings (SSSR count). The first kappa shape index (κ1) is 20.6. The van der Waals surface area contributed by atoms with Crippen LogP contribution in [0.15, 0.2) is 48.5 Å².